The van der Waals surface area contributed by atoms with Gasteiger partial charge in [-0.15, -0.1) is 5.01 Å². The summed E-state index contributed by atoms with van der Waals surface area (Å²) in [5.74, 6) is 0. The van der Waals surface area contributed by atoms with Crippen LogP contribution in [0.5, 0.6) is 0 Å². The molecule has 0 radical (unpaired) electrons. The number of hydrogen-bond donors (Lipinski definition) is 2. The predicted molar refractivity (Wildman–Crippen MR) is 34.7 cm³/mol. The molecule has 6 nitrogen and oxygen atoms in total. The zero-order chi connectivity index (χ0) is 8.27. The van der Waals surface area contributed by atoms with Crippen molar-refractivity contribution < 1.29 is 44.8 Å². The molecule has 0 aromatic carbocycles. The van der Waals surface area contributed by atoms with Crippen molar-refractivity contribution in [3.05, 3.63) is 5.21 Å². The minimum absolute atomic E-state index is 0. The minimum Gasteiger partial charge on any atom is -0.569 e. The summed E-state index contributed by atoms with van der Waals surface area (Å²) in [6.07, 6.45) is 1.62. The molecule has 0 aromatic rings. The van der Waals surface area contributed by atoms with Crippen molar-refractivity contribution in [3.8, 4) is 0 Å². The van der Waals surface area contributed by atoms with Crippen LogP contribution < -0.4 is 29.6 Å². The van der Waals surface area contributed by atoms with Crippen LogP contribution in [-0.2, 0) is 0 Å². The van der Waals surface area contributed by atoms with Gasteiger partial charge in [-0.3, -0.25) is 0 Å². The molecule has 64 valence electrons. The largest absolute Gasteiger partial charge is 1.00 e. The Morgan fingerprint density at radius 2 is 2.33 bits per heavy atom. The zero-order valence-corrected chi connectivity index (χ0v) is 9.05. The first-order valence-corrected chi connectivity index (χ1v) is 3.49. The fraction of sp³-hybridized carbons (Fsp3) is 1.00. The van der Waals surface area contributed by atoms with Crippen molar-refractivity contribution in [1.82, 2.24) is 5.01 Å². The number of aliphatic hydroxyl groups excluding tert-OH is 1. The minimum atomic E-state index is -0.191. The Kier molecular flexibility index (Phi) is 5.56. The van der Waals surface area contributed by atoms with E-state index in [0.29, 0.717) is 6.54 Å². The smallest absolute Gasteiger partial charge is 0.569 e. The Balaban J connectivity index is 0.00000121. The van der Waals surface area contributed by atoms with Crippen LogP contribution in [-0.4, -0.2) is 39.5 Å². The van der Waals surface area contributed by atoms with Gasteiger partial charge in [-0.2, -0.15) is 0 Å². The Bertz CT molecular complexity index is 166. The summed E-state index contributed by atoms with van der Waals surface area (Å²) in [6.45, 7) is 0.465. The van der Waals surface area contributed by atoms with Crippen LogP contribution in [0.15, 0.2) is 5.28 Å². The molecular weight excluding hydrogens is 173 g/mol. The monoisotopic (exact) mass is 184 g/mol. The van der Waals surface area contributed by atoms with Gasteiger partial charge in [-0.05, 0) is 12.8 Å². The fourth-order valence-electron chi connectivity index (χ4n) is 1.28. The predicted octanol–water partition coefficient (Wildman–Crippen LogP) is -3.29. The average Bonchev–Trinajstić information content (AvgIpc) is 2.50. The summed E-state index contributed by atoms with van der Waals surface area (Å²) in [6, 6.07) is -0.191. The fourth-order valence-corrected chi connectivity index (χ4v) is 1.28. The van der Waals surface area contributed by atoms with Crippen LogP contribution in [0.1, 0.15) is 12.8 Å². The third-order valence-electron chi connectivity index (χ3n) is 1.85. The summed E-state index contributed by atoms with van der Waals surface area (Å²) in [4.78, 5) is 0.119. The SMILES string of the molecule is [Na+].[O-][N+](=NO)N1CCC[C@H]1CO. The number of rotatable bonds is 2. The quantitative estimate of drug-likeness (QED) is 0.204. The van der Waals surface area contributed by atoms with Crippen molar-refractivity contribution in [2.45, 2.75) is 18.9 Å². The van der Waals surface area contributed by atoms with Crippen LogP contribution in [0.4, 0.5) is 0 Å². The molecule has 1 aliphatic heterocycles. The van der Waals surface area contributed by atoms with E-state index in [0.717, 1.165) is 12.8 Å². The van der Waals surface area contributed by atoms with Gasteiger partial charge in [0.25, 0.3) is 0 Å². The summed E-state index contributed by atoms with van der Waals surface area (Å²) in [5, 5.41) is 31.3. The summed E-state index contributed by atoms with van der Waals surface area (Å²) in [5.41, 5.74) is 0. The van der Waals surface area contributed by atoms with E-state index < -0.39 is 0 Å². The molecule has 1 saturated heterocycles. The average molecular weight is 184 g/mol. The van der Waals surface area contributed by atoms with Crippen LogP contribution in [0.25, 0.3) is 0 Å². The van der Waals surface area contributed by atoms with E-state index in [1.807, 2.05) is 0 Å². The third-order valence-corrected chi connectivity index (χ3v) is 1.85. The van der Waals surface area contributed by atoms with Gasteiger partial charge in [0.2, 0.25) is 5.28 Å². The summed E-state index contributed by atoms with van der Waals surface area (Å²) < 4.78 is 0. The maximum absolute atomic E-state index is 10.7. The molecule has 0 bridgehead atoms. The number of hydrogen-bond acceptors (Lipinski definition) is 3. The summed E-state index contributed by atoms with van der Waals surface area (Å²) in [7, 11) is 0. The summed E-state index contributed by atoms with van der Waals surface area (Å²) >= 11 is 0. The molecule has 0 spiro atoms. The molecule has 7 heteroatoms. The van der Waals surface area contributed by atoms with Crippen molar-refractivity contribution in [2.24, 2.45) is 5.28 Å². The van der Waals surface area contributed by atoms with E-state index in [1.165, 1.54) is 5.01 Å². The molecule has 2 N–H and O–H groups in total. The van der Waals surface area contributed by atoms with Gasteiger partial charge in [0.05, 0.1) is 18.1 Å². The van der Waals surface area contributed by atoms with Gasteiger partial charge in [0.1, 0.15) is 6.04 Å². The maximum atomic E-state index is 10.7. The second-order valence-corrected chi connectivity index (χ2v) is 2.48. The van der Waals surface area contributed by atoms with Crippen LogP contribution in [0.2, 0.25) is 0 Å². The number of hydrazine groups is 1. The van der Waals surface area contributed by atoms with Gasteiger partial charge in [-0.1, -0.05) is 0 Å². The normalized spacial score (nSPS) is 23.9. The molecule has 1 atom stereocenters. The van der Waals surface area contributed by atoms with E-state index in [9.17, 15) is 5.21 Å². The molecule has 1 fully saturated rings. The second-order valence-electron chi connectivity index (χ2n) is 2.48. The van der Waals surface area contributed by atoms with Gasteiger partial charge < -0.3 is 15.5 Å². The molecule has 1 rings (SSSR count). The van der Waals surface area contributed by atoms with E-state index in [4.69, 9.17) is 10.3 Å². The molecule has 0 saturated carbocycles. The molecule has 0 aliphatic carbocycles. The Hall–Kier alpha value is -0.0400. The van der Waals surface area contributed by atoms with Crippen molar-refractivity contribution in [3.63, 3.8) is 0 Å². The van der Waals surface area contributed by atoms with Crippen LogP contribution in [0, 0.1) is 5.21 Å². The topological polar surface area (TPSA) is 82.1 Å². The molecule has 1 heterocycles. The van der Waals surface area contributed by atoms with Gasteiger partial charge >= 0.3 is 29.6 Å². The van der Waals surface area contributed by atoms with E-state index in [1.54, 1.807) is 0 Å². The molecule has 0 unspecified atom stereocenters. The van der Waals surface area contributed by atoms with E-state index in [2.05, 4.69) is 5.28 Å². The Labute approximate surface area is 92.3 Å². The molecule has 1 aliphatic rings. The second kappa shape index (κ2) is 5.58. The van der Waals surface area contributed by atoms with E-state index >= 15 is 0 Å². The van der Waals surface area contributed by atoms with Crippen molar-refractivity contribution in [2.75, 3.05) is 13.2 Å². The van der Waals surface area contributed by atoms with E-state index in [-0.39, 0.29) is 47.2 Å². The molecule has 0 aromatic heterocycles. The van der Waals surface area contributed by atoms with Gasteiger partial charge in [0.15, 0.2) is 0 Å². The molecular formula is C5H11N3NaO3+. The number of aliphatic hydroxyl groups is 1. The van der Waals surface area contributed by atoms with Crippen LogP contribution >= 0.6 is 0 Å². The number of nitrogens with zero attached hydrogens (tertiary/aromatic N) is 3. The first-order valence-electron chi connectivity index (χ1n) is 3.49. The van der Waals surface area contributed by atoms with Crippen LogP contribution in [0.3, 0.4) is 0 Å². The molecule has 12 heavy (non-hydrogen) atoms. The first-order chi connectivity index (χ1) is 5.29. The Morgan fingerprint density at radius 3 is 2.83 bits per heavy atom. The third kappa shape index (κ3) is 2.48. The van der Waals surface area contributed by atoms with Crippen molar-refractivity contribution in [1.29, 1.82) is 0 Å². The van der Waals surface area contributed by atoms with Crippen molar-refractivity contribution >= 4 is 0 Å². The van der Waals surface area contributed by atoms with Gasteiger partial charge in [0, 0.05) is 0 Å². The zero-order valence-electron chi connectivity index (χ0n) is 7.05. The Morgan fingerprint density at radius 1 is 1.67 bits per heavy atom. The standard InChI is InChI=1S/C5H11N3O3.Na/c9-4-5-2-1-3-7(5)8(11)6-10;/h5,9-10H,1-4H2;/q;+1/t5-;/m0./s1. The van der Waals surface area contributed by atoms with Gasteiger partial charge in [-0.25, -0.2) is 0 Å². The first kappa shape index (κ1) is 12.0. The maximum Gasteiger partial charge on any atom is 1.00 e. The molecule has 0 amide bonds.